The van der Waals surface area contributed by atoms with Crippen molar-refractivity contribution in [2.24, 2.45) is 0 Å². The summed E-state index contributed by atoms with van der Waals surface area (Å²) in [5.74, 6) is -1.71. The first-order valence-corrected chi connectivity index (χ1v) is 7.73. The van der Waals surface area contributed by atoms with Crippen molar-refractivity contribution in [1.82, 2.24) is 15.4 Å². The van der Waals surface area contributed by atoms with E-state index in [0.717, 1.165) is 17.8 Å². The number of carbonyl (C=O) groups excluding carboxylic acids is 1. The van der Waals surface area contributed by atoms with Crippen LogP contribution in [0.3, 0.4) is 0 Å². The third kappa shape index (κ3) is 3.63. The Hall–Kier alpha value is -3.04. The summed E-state index contributed by atoms with van der Waals surface area (Å²) in [6.07, 6.45) is 0.999. The number of amides is 1. The molecule has 2 aromatic heterocycles. The molecule has 0 unspecified atom stereocenters. The third-order valence-electron chi connectivity index (χ3n) is 3.59. The lowest BCUT2D eigenvalue weighted by molar-refractivity contribution is 0.0170. The van der Waals surface area contributed by atoms with Crippen LogP contribution in [0.5, 0.6) is 0 Å². The topological polar surface area (TPSA) is 99.3 Å². The molecular formula is C17H16F2N4O3. The fourth-order valence-corrected chi connectivity index (χ4v) is 2.44. The smallest absolute Gasteiger partial charge is 0.279 e. The zero-order valence-corrected chi connectivity index (χ0v) is 13.8. The number of anilines is 2. The number of halogens is 2. The van der Waals surface area contributed by atoms with Gasteiger partial charge in [0.1, 0.15) is 23.1 Å². The Labute approximate surface area is 147 Å². The summed E-state index contributed by atoms with van der Waals surface area (Å²) < 4.78 is 27.7. The number of H-pyrrole nitrogens is 1. The van der Waals surface area contributed by atoms with Crippen LogP contribution >= 0.6 is 0 Å². The van der Waals surface area contributed by atoms with Crippen molar-refractivity contribution in [1.29, 1.82) is 0 Å². The van der Waals surface area contributed by atoms with E-state index in [2.05, 4.69) is 20.8 Å². The van der Waals surface area contributed by atoms with E-state index in [0.29, 0.717) is 0 Å². The maximum absolute atomic E-state index is 14.1. The Morgan fingerprint density at radius 2 is 2.15 bits per heavy atom. The summed E-state index contributed by atoms with van der Waals surface area (Å²) in [6.45, 7) is 1.35. The third-order valence-corrected chi connectivity index (χ3v) is 3.59. The number of aliphatic hydroxyl groups excluding tert-OH is 1. The molecule has 0 atom stereocenters. The monoisotopic (exact) mass is 362 g/mol. The molecule has 3 rings (SSSR count). The number of rotatable bonds is 6. The number of benzene rings is 1. The minimum absolute atomic E-state index is 0.00455. The molecule has 0 bridgehead atoms. The zero-order valence-electron chi connectivity index (χ0n) is 13.8. The second kappa shape index (κ2) is 7.46. The summed E-state index contributed by atoms with van der Waals surface area (Å²) in [5, 5.41) is 11.7. The molecule has 0 fully saturated rings. The van der Waals surface area contributed by atoms with E-state index in [9.17, 15) is 13.6 Å². The largest absolute Gasteiger partial charge is 0.394 e. The van der Waals surface area contributed by atoms with E-state index >= 15 is 0 Å². The lowest BCUT2D eigenvalue weighted by Crippen LogP contribution is -2.25. The summed E-state index contributed by atoms with van der Waals surface area (Å²) in [7, 11) is 0. The Morgan fingerprint density at radius 1 is 1.35 bits per heavy atom. The van der Waals surface area contributed by atoms with Crippen LogP contribution in [-0.4, -0.2) is 34.2 Å². The number of nitrogens with zero attached hydrogens (tertiary/aromatic N) is 1. The van der Waals surface area contributed by atoms with Crippen molar-refractivity contribution in [2.75, 3.05) is 18.5 Å². The lowest BCUT2D eigenvalue weighted by atomic mass is 10.2. The van der Waals surface area contributed by atoms with E-state index in [4.69, 9.17) is 9.94 Å². The molecular weight excluding hydrogens is 346 g/mol. The molecule has 3 aromatic rings. The number of aryl methyl sites for hydroxylation is 1. The van der Waals surface area contributed by atoms with Crippen molar-refractivity contribution in [3.63, 3.8) is 0 Å². The normalized spacial score (nSPS) is 10.9. The first-order valence-electron chi connectivity index (χ1n) is 7.73. The van der Waals surface area contributed by atoms with E-state index in [1.165, 1.54) is 12.1 Å². The van der Waals surface area contributed by atoms with Gasteiger partial charge in [-0.2, -0.15) is 0 Å². The number of fused-ring (bicyclic) bond motifs is 1. The van der Waals surface area contributed by atoms with Gasteiger partial charge in [0.25, 0.3) is 5.91 Å². The van der Waals surface area contributed by atoms with Crippen LogP contribution in [0.15, 0.2) is 30.5 Å². The van der Waals surface area contributed by atoms with Crippen LogP contribution in [0.1, 0.15) is 15.9 Å². The molecule has 4 N–H and O–H groups in total. The van der Waals surface area contributed by atoms with Crippen LogP contribution in [0.2, 0.25) is 0 Å². The van der Waals surface area contributed by atoms with Gasteiger partial charge in [-0.05, 0) is 30.7 Å². The lowest BCUT2D eigenvalue weighted by Gasteiger charge is -2.10. The standard InChI is InChI=1S/C17H16F2N4O3/c1-9-2-3-13(12(19)6-9)21-16-14(17(25)23-26-5-4-24)11-7-10(18)8-20-15(11)22-16/h2-3,6-8,21,24H,4-5H2,1H3,(H,20,22)(H,23,25). The van der Waals surface area contributed by atoms with Gasteiger partial charge in [-0.15, -0.1) is 0 Å². The van der Waals surface area contributed by atoms with E-state index in [1.807, 2.05) is 0 Å². The number of aliphatic hydroxyl groups is 1. The van der Waals surface area contributed by atoms with Gasteiger partial charge in [0.15, 0.2) is 0 Å². The van der Waals surface area contributed by atoms with Crippen molar-refractivity contribution in [3.8, 4) is 0 Å². The predicted molar refractivity (Wildman–Crippen MR) is 91.0 cm³/mol. The van der Waals surface area contributed by atoms with Crippen molar-refractivity contribution >= 4 is 28.4 Å². The first-order chi connectivity index (χ1) is 12.5. The Balaban J connectivity index is 2.03. The summed E-state index contributed by atoms with van der Waals surface area (Å²) in [4.78, 5) is 24.0. The minimum atomic E-state index is -0.702. The molecule has 1 aromatic carbocycles. The van der Waals surface area contributed by atoms with Gasteiger partial charge >= 0.3 is 0 Å². The fourth-order valence-electron chi connectivity index (χ4n) is 2.44. The highest BCUT2D eigenvalue weighted by Crippen LogP contribution is 2.29. The molecule has 0 aliphatic heterocycles. The molecule has 9 heteroatoms. The number of aromatic nitrogens is 2. The number of hydrogen-bond acceptors (Lipinski definition) is 5. The van der Waals surface area contributed by atoms with Crippen molar-refractivity contribution in [3.05, 3.63) is 53.2 Å². The highest BCUT2D eigenvalue weighted by atomic mass is 19.1. The molecule has 0 saturated heterocycles. The number of nitrogens with one attached hydrogen (secondary N) is 3. The first kappa shape index (κ1) is 17.8. The van der Waals surface area contributed by atoms with E-state index < -0.39 is 17.5 Å². The number of carbonyl (C=O) groups is 1. The predicted octanol–water partition coefficient (Wildman–Crippen LogP) is 2.55. The van der Waals surface area contributed by atoms with Crippen molar-refractivity contribution < 1.29 is 23.5 Å². The van der Waals surface area contributed by atoms with Gasteiger partial charge in [-0.1, -0.05) is 6.07 Å². The van der Waals surface area contributed by atoms with Gasteiger partial charge in [0.2, 0.25) is 0 Å². The average Bonchev–Trinajstić information content (AvgIpc) is 2.94. The van der Waals surface area contributed by atoms with Gasteiger partial charge < -0.3 is 15.4 Å². The highest BCUT2D eigenvalue weighted by molar-refractivity contribution is 6.11. The van der Waals surface area contributed by atoms with Crippen LogP contribution < -0.4 is 10.8 Å². The quantitative estimate of drug-likeness (QED) is 0.399. The van der Waals surface area contributed by atoms with Crippen LogP contribution in [0.4, 0.5) is 20.3 Å². The molecule has 0 aliphatic rings. The summed E-state index contributed by atoms with van der Waals surface area (Å²) in [6, 6.07) is 5.70. The molecule has 136 valence electrons. The molecule has 0 saturated carbocycles. The number of hydroxylamine groups is 1. The Bertz CT molecular complexity index is 959. The number of hydrogen-bond donors (Lipinski definition) is 4. The van der Waals surface area contributed by atoms with Gasteiger partial charge in [0, 0.05) is 5.39 Å². The molecule has 7 nitrogen and oxygen atoms in total. The van der Waals surface area contributed by atoms with E-state index in [-0.39, 0.29) is 41.3 Å². The molecule has 26 heavy (non-hydrogen) atoms. The maximum Gasteiger partial charge on any atom is 0.279 e. The second-order valence-corrected chi connectivity index (χ2v) is 5.54. The molecule has 2 heterocycles. The number of pyridine rings is 1. The summed E-state index contributed by atoms with van der Waals surface area (Å²) >= 11 is 0. The molecule has 0 radical (unpaired) electrons. The van der Waals surface area contributed by atoms with Gasteiger partial charge in [-0.3, -0.25) is 9.63 Å². The fraction of sp³-hybridized carbons (Fsp3) is 0.176. The van der Waals surface area contributed by atoms with Gasteiger partial charge in [-0.25, -0.2) is 19.2 Å². The van der Waals surface area contributed by atoms with Crippen LogP contribution in [-0.2, 0) is 4.84 Å². The molecule has 0 aliphatic carbocycles. The molecule has 0 spiro atoms. The Kier molecular flexibility index (Phi) is 5.10. The SMILES string of the molecule is Cc1ccc(Nc2[nH]c3ncc(F)cc3c2C(=O)NOCCO)c(F)c1. The molecule has 1 amide bonds. The Morgan fingerprint density at radius 3 is 2.88 bits per heavy atom. The average molecular weight is 362 g/mol. The highest BCUT2D eigenvalue weighted by Gasteiger charge is 2.21. The van der Waals surface area contributed by atoms with Crippen LogP contribution in [0, 0.1) is 18.6 Å². The number of aromatic amines is 1. The van der Waals surface area contributed by atoms with Crippen LogP contribution in [0.25, 0.3) is 11.0 Å². The second-order valence-electron chi connectivity index (χ2n) is 5.54. The van der Waals surface area contributed by atoms with Gasteiger partial charge in [0.05, 0.1) is 30.7 Å². The van der Waals surface area contributed by atoms with E-state index in [1.54, 1.807) is 13.0 Å². The minimum Gasteiger partial charge on any atom is -0.394 e. The zero-order chi connectivity index (χ0) is 18.7. The maximum atomic E-state index is 14.1. The van der Waals surface area contributed by atoms with Crippen molar-refractivity contribution in [2.45, 2.75) is 6.92 Å². The summed E-state index contributed by atoms with van der Waals surface area (Å²) in [5.41, 5.74) is 3.27.